The molecule has 1 atom stereocenters. The maximum Gasteiger partial charge on any atom is 0.416 e. The van der Waals surface area contributed by atoms with Gasteiger partial charge in [-0.25, -0.2) is 13.9 Å². The third-order valence-electron chi connectivity index (χ3n) is 4.88. The molecule has 1 aliphatic heterocycles. The lowest BCUT2D eigenvalue weighted by Crippen LogP contribution is -2.39. The highest BCUT2D eigenvalue weighted by Gasteiger charge is 2.32. The lowest BCUT2D eigenvalue weighted by molar-refractivity contribution is 0.116. The van der Waals surface area contributed by atoms with Crippen molar-refractivity contribution >= 4 is 22.0 Å². The summed E-state index contributed by atoms with van der Waals surface area (Å²) in [4.78, 5) is 17.9. The molecular weight excluding hydrogens is 443 g/mol. The third-order valence-corrected chi connectivity index (χ3v) is 5.91. The summed E-state index contributed by atoms with van der Waals surface area (Å²) in [5.74, 6) is -0.110. The van der Waals surface area contributed by atoms with Crippen LogP contribution in [0.25, 0.3) is 0 Å². The van der Waals surface area contributed by atoms with Crippen LogP contribution >= 0.6 is 0 Å². The SMILES string of the molecule is CNS(=O)(=O)Nc1cccc(CN2C(=O)Oc3cc(Oc4ncco4)ccc3[C@H]2C)c1F. The van der Waals surface area contributed by atoms with E-state index in [0.29, 0.717) is 17.1 Å². The van der Waals surface area contributed by atoms with Gasteiger partial charge in [0, 0.05) is 24.2 Å². The van der Waals surface area contributed by atoms with E-state index in [0.717, 1.165) is 0 Å². The molecule has 2 aromatic carbocycles. The van der Waals surface area contributed by atoms with E-state index in [4.69, 9.17) is 13.9 Å². The predicted molar refractivity (Wildman–Crippen MR) is 111 cm³/mol. The number of carbonyl (C=O) groups excluding carboxylic acids is 1. The molecule has 12 heteroatoms. The van der Waals surface area contributed by atoms with Gasteiger partial charge in [-0.3, -0.25) is 9.62 Å². The second-order valence-corrected chi connectivity index (χ2v) is 8.48. The van der Waals surface area contributed by atoms with Gasteiger partial charge < -0.3 is 13.9 Å². The molecule has 1 aromatic heterocycles. The standard InChI is InChI=1S/C20H19FN4O6S/c1-12-15-7-6-14(30-19-23-8-9-29-19)10-17(15)31-20(26)25(12)11-13-4-3-5-16(18(13)21)24-32(27,28)22-2/h3-10,12,22,24H,11H2,1-2H3/t12-/m1/s1. The fourth-order valence-electron chi connectivity index (χ4n) is 3.21. The summed E-state index contributed by atoms with van der Waals surface area (Å²) in [6.45, 7) is 1.65. The van der Waals surface area contributed by atoms with E-state index in [2.05, 4.69) is 14.4 Å². The molecule has 2 heterocycles. The summed E-state index contributed by atoms with van der Waals surface area (Å²) in [5.41, 5.74) is 0.581. The van der Waals surface area contributed by atoms with Gasteiger partial charge in [0.15, 0.2) is 5.82 Å². The summed E-state index contributed by atoms with van der Waals surface area (Å²) in [7, 11) is -2.69. The maximum absolute atomic E-state index is 14.9. The summed E-state index contributed by atoms with van der Waals surface area (Å²) in [6.07, 6.45) is 2.17. The Balaban J connectivity index is 1.56. The van der Waals surface area contributed by atoms with Gasteiger partial charge in [0.05, 0.1) is 24.5 Å². The molecule has 0 radical (unpaired) electrons. The van der Waals surface area contributed by atoms with Crippen molar-refractivity contribution in [2.75, 3.05) is 11.8 Å². The molecule has 168 valence electrons. The molecule has 1 aliphatic rings. The van der Waals surface area contributed by atoms with Gasteiger partial charge in [0.1, 0.15) is 17.8 Å². The summed E-state index contributed by atoms with van der Waals surface area (Å²) in [6, 6.07) is 8.74. The molecule has 0 saturated carbocycles. The molecule has 0 aliphatic carbocycles. The van der Waals surface area contributed by atoms with Crippen LogP contribution in [0.1, 0.15) is 24.1 Å². The minimum Gasteiger partial charge on any atom is -0.417 e. The van der Waals surface area contributed by atoms with E-state index < -0.39 is 28.2 Å². The van der Waals surface area contributed by atoms with E-state index in [1.807, 2.05) is 0 Å². The quantitative estimate of drug-likeness (QED) is 0.550. The fraction of sp³-hybridized carbons (Fsp3) is 0.200. The molecule has 3 aromatic rings. The van der Waals surface area contributed by atoms with E-state index in [9.17, 15) is 17.6 Å². The van der Waals surface area contributed by atoms with Crippen molar-refractivity contribution < 1.29 is 31.5 Å². The van der Waals surface area contributed by atoms with Crippen molar-refractivity contribution in [3.8, 4) is 17.6 Å². The Morgan fingerprint density at radius 2 is 2.09 bits per heavy atom. The largest absolute Gasteiger partial charge is 0.417 e. The molecule has 4 rings (SSSR count). The Kier molecular flexibility index (Phi) is 5.72. The lowest BCUT2D eigenvalue weighted by Gasteiger charge is -2.34. The van der Waals surface area contributed by atoms with Crippen molar-refractivity contribution in [3.05, 3.63) is 65.8 Å². The fourth-order valence-corrected chi connectivity index (χ4v) is 3.76. The van der Waals surface area contributed by atoms with Crippen LogP contribution in [-0.4, -0.2) is 31.4 Å². The van der Waals surface area contributed by atoms with Gasteiger partial charge >= 0.3 is 12.2 Å². The average Bonchev–Trinajstić information content (AvgIpc) is 3.26. The van der Waals surface area contributed by atoms with Crippen LogP contribution in [0.5, 0.6) is 17.6 Å². The average molecular weight is 462 g/mol. The van der Waals surface area contributed by atoms with Crippen LogP contribution in [0.2, 0.25) is 0 Å². The number of halogens is 1. The van der Waals surface area contributed by atoms with Crippen molar-refractivity contribution in [1.29, 1.82) is 0 Å². The highest BCUT2D eigenvalue weighted by Crippen LogP contribution is 2.39. The Hall–Kier alpha value is -3.64. The number of fused-ring (bicyclic) bond motifs is 1. The number of rotatable bonds is 7. The van der Waals surface area contributed by atoms with E-state index in [1.165, 1.54) is 42.6 Å². The van der Waals surface area contributed by atoms with Crippen LogP contribution in [0, 0.1) is 5.82 Å². The van der Waals surface area contributed by atoms with Crippen LogP contribution in [0.4, 0.5) is 14.9 Å². The predicted octanol–water partition coefficient (Wildman–Crippen LogP) is 3.56. The number of nitrogens with one attached hydrogen (secondary N) is 2. The van der Waals surface area contributed by atoms with Gasteiger partial charge in [0.25, 0.3) is 10.2 Å². The molecular formula is C20H19FN4O6S. The Bertz CT molecular complexity index is 1250. The number of carbonyl (C=O) groups is 1. The molecule has 2 N–H and O–H groups in total. The van der Waals surface area contributed by atoms with Gasteiger partial charge in [-0.15, -0.1) is 0 Å². The van der Waals surface area contributed by atoms with E-state index in [-0.39, 0.29) is 23.9 Å². The molecule has 32 heavy (non-hydrogen) atoms. The zero-order valence-corrected chi connectivity index (χ0v) is 17.8. The van der Waals surface area contributed by atoms with Crippen LogP contribution in [0.3, 0.4) is 0 Å². The van der Waals surface area contributed by atoms with Crippen molar-refractivity contribution in [3.63, 3.8) is 0 Å². The number of oxazole rings is 1. The molecule has 0 fully saturated rings. The summed E-state index contributed by atoms with van der Waals surface area (Å²) in [5, 5.41) is 0. The van der Waals surface area contributed by atoms with Gasteiger partial charge in [-0.2, -0.15) is 13.4 Å². The highest BCUT2D eigenvalue weighted by molar-refractivity contribution is 7.90. The minimum atomic E-state index is -3.90. The number of nitrogens with zero attached hydrogens (tertiary/aromatic N) is 2. The van der Waals surface area contributed by atoms with Crippen LogP contribution < -0.4 is 18.9 Å². The molecule has 0 saturated heterocycles. The van der Waals surface area contributed by atoms with Crippen molar-refractivity contribution in [2.45, 2.75) is 19.5 Å². The number of ether oxygens (including phenoxy) is 2. The lowest BCUT2D eigenvalue weighted by atomic mass is 10.0. The number of benzene rings is 2. The Morgan fingerprint density at radius 3 is 2.81 bits per heavy atom. The minimum absolute atomic E-state index is 0.0472. The highest BCUT2D eigenvalue weighted by atomic mass is 32.2. The van der Waals surface area contributed by atoms with Crippen molar-refractivity contribution in [1.82, 2.24) is 14.6 Å². The first-order valence-electron chi connectivity index (χ1n) is 9.46. The molecule has 10 nitrogen and oxygen atoms in total. The summed E-state index contributed by atoms with van der Waals surface area (Å²) >= 11 is 0. The summed E-state index contributed by atoms with van der Waals surface area (Å²) < 4.78 is 58.4. The Labute approximate surface area is 183 Å². The Morgan fingerprint density at radius 1 is 1.28 bits per heavy atom. The van der Waals surface area contributed by atoms with Crippen LogP contribution in [0.15, 0.2) is 53.3 Å². The first-order valence-corrected chi connectivity index (χ1v) is 10.9. The third kappa shape index (κ3) is 4.36. The number of aromatic nitrogens is 1. The molecule has 0 bridgehead atoms. The van der Waals surface area contributed by atoms with E-state index >= 15 is 0 Å². The smallest absolute Gasteiger partial charge is 0.416 e. The second kappa shape index (κ2) is 8.48. The number of hydrogen-bond acceptors (Lipinski definition) is 7. The van der Waals surface area contributed by atoms with Gasteiger partial charge in [0.2, 0.25) is 0 Å². The van der Waals surface area contributed by atoms with Gasteiger partial charge in [-0.05, 0) is 25.1 Å². The molecule has 1 amide bonds. The van der Waals surface area contributed by atoms with E-state index in [1.54, 1.807) is 25.1 Å². The first-order chi connectivity index (χ1) is 15.3. The monoisotopic (exact) mass is 462 g/mol. The van der Waals surface area contributed by atoms with Gasteiger partial charge in [-0.1, -0.05) is 12.1 Å². The number of hydrogen-bond donors (Lipinski definition) is 2. The zero-order chi connectivity index (χ0) is 22.9. The van der Waals surface area contributed by atoms with Crippen LogP contribution in [-0.2, 0) is 16.8 Å². The molecule has 0 unspecified atom stereocenters. The normalized spacial score (nSPS) is 15.8. The number of anilines is 1. The zero-order valence-electron chi connectivity index (χ0n) is 17.0. The maximum atomic E-state index is 14.9. The topological polar surface area (TPSA) is 123 Å². The number of amides is 1. The second-order valence-electron chi connectivity index (χ2n) is 6.86. The first kappa shape index (κ1) is 21.6. The van der Waals surface area contributed by atoms with Crippen molar-refractivity contribution in [2.24, 2.45) is 0 Å². The molecule has 0 spiro atoms.